The van der Waals surface area contributed by atoms with Crippen LogP contribution in [-0.2, 0) is 32.0 Å². The molecule has 2 amide bonds. The number of amides is 2. The molecule has 0 radical (unpaired) electrons. The Hall–Kier alpha value is -4.66. The van der Waals surface area contributed by atoms with Crippen LogP contribution in [0.3, 0.4) is 0 Å². The molecule has 0 unspecified atom stereocenters. The molecule has 1 atom stereocenters. The van der Waals surface area contributed by atoms with Gasteiger partial charge in [0.1, 0.15) is 24.0 Å². The molecule has 1 aliphatic rings. The SMILES string of the molecule is COC(CN(Cc1ccccc1)C(=O)[C@H](Cc1ccc(OC(C)(C)C)cc1)NC(=O)OCC1c2ccccc2-c2ccccc21)OC. The Labute approximate surface area is 277 Å². The highest BCUT2D eigenvalue weighted by Gasteiger charge is 2.32. The molecular weight excluding hydrogens is 592 g/mol. The summed E-state index contributed by atoms with van der Waals surface area (Å²) in [6.07, 6.45) is -1.06. The van der Waals surface area contributed by atoms with Crippen LogP contribution >= 0.6 is 0 Å². The van der Waals surface area contributed by atoms with Crippen molar-refractivity contribution in [2.24, 2.45) is 0 Å². The van der Waals surface area contributed by atoms with E-state index < -0.39 is 18.4 Å². The third kappa shape index (κ3) is 8.78. The van der Waals surface area contributed by atoms with Crippen molar-refractivity contribution in [1.29, 1.82) is 0 Å². The van der Waals surface area contributed by atoms with Crippen LogP contribution in [0.4, 0.5) is 4.79 Å². The van der Waals surface area contributed by atoms with Crippen LogP contribution in [-0.4, -0.2) is 62.2 Å². The van der Waals surface area contributed by atoms with Crippen molar-refractivity contribution in [2.45, 2.75) is 57.6 Å². The second-order valence-corrected chi connectivity index (χ2v) is 12.7. The molecule has 1 aliphatic carbocycles. The molecule has 246 valence electrons. The molecule has 0 bridgehead atoms. The molecule has 8 nitrogen and oxygen atoms in total. The molecule has 0 saturated heterocycles. The van der Waals surface area contributed by atoms with E-state index in [2.05, 4.69) is 29.6 Å². The number of carbonyl (C=O) groups excluding carboxylic acids is 2. The highest BCUT2D eigenvalue weighted by Crippen LogP contribution is 2.44. The van der Waals surface area contributed by atoms with Crippen LogP contribution in [0, 0.1) is 0 Å². The average molecular weight is 637 g/mol. The molecule has 8 heteroatoms. The monoisotopic (exact) mass is 636 g/mol. The number of rotatable bonds is 13. The first-order chi connectivity index (χ1) is 22.6. The Morgan fingerprint density at radius 2 is 1.34 bits per heavy atom. The van der Waals surface area contributed by atoms with Gasteiger partial charge in [0.05, 0.1) is 6.54 Å². The van der Waals surface area contributed by atoms with Crippen molar-refractivity contribution in [3.05, 3.63) is 125 Å². The summed E-state index contributed by atoms with van der Waals surface area (Å²) in [4.78, 5) is 29.5. The smallest absolute Gasteiger partial charge is 0.407 e. The Bertz CT molecular complexity index is 1580. The van der Waals surface area contributed by atoms with Crippen molar-refractivity contribution >= 4 is 12.0 Å². The number of alkyl carbamates (subject to hydrolysis) is 1. The number of nitrogens with zero attached hydrogens (tertiary/aromatic N) is 1. The fourth-order valence-corrected chi connectivity index (χ4v) is 5.95. The lowest BCUT2D eigenvalue weighted by molar-refractivity contribution is -0.148. The van der Waals surface area contributed by atoms with Gasteiger partial charge in [-0.15, -0.1) is 0 Å². The maximum Gasteiger partial charge on any atom is 0.407 e. The fraction of sp³-hybridized carbons (Fsp3) is 0.333. The minimum Gasteiger partial charge on any atom is -0.488 e. The summed E-state index contributed by atoms with van der Waals surface area (Å²) in [6.45, 7) is 6.59. The van der Waals surface area contributed by atoms with E-state index in [0.29, 0.717) is 6.54 Å². The van der Waals surface area contributed by atoms with E-state index >= 15 is 0 Å². The first-order valence-corrected chi connectivity index (χ1v) is 15.9. The van der Waals surface area contributed by atoms with Crippen molar-refractivity contribution in [3.63, 3.8) is 0 Å². The van der Waals surface area contributed by atoms with Crippen LogP contribution in [0.2, 0.25) is 0 Å². The lowest BCUT2D eigenvalue weighted by Gasteiger charge is -2.30. The van der Waals surface area contributed by atoms with Gasteiger partial charge >= 0.3 is 6.09 Å². The van der Waals surface area contributed by atoms with E-state index in [-0.39, 0.29) is 37.0 Å². The molecule has 5 rings (SSSR count). The number of ether oxygens (including phenoxy) is 4. The van der Waals surface area contributed by atoms with Gasteiger partial charge in [0.2, 0.25) is 5.91 Å². The van der Waals surface area contributed by atoms with Crippen molar-refractivity contribution in [2.75, 3.05) is 27.4 Å². The van der Waals surface area contributed by atoms with Gasteiger partial charge in [-0.3, -0.25) is 4.79 Å². The standard InChI is InChI=1S/C39H44N2O6/c1-39(2,3)47-29-21-19-27(20-22-29)23-35(37(42)41(25-36(44-4)45-5)24-28-13-7-6-8-14-28)40-38(43)46-26-34-32-17-11-9-15-30(32)31-16-10-12-18-33(31)34/h6-22,34-36H,23-26H2,1-5H3,(H,40,43)/t35-/m0/s1. The van der Waals surface area contributed by atoms with Gasteiger partial charge in [0.15, 0.2) is 6.29 Å². The zero-order chi connectivity index (χ0) is 33.4. The van der Waals surface area contributed by atoms with Gasteiger partial charge < -0.3 is 29.2 Å². The fourth-order valence-electron chi connectivity index (χ4n) is 5.95. The van der Waals surface area contributed by atoms with Crippen LogP contribution in [0.25, 0.3) is 11.1 Å². The molecule has 4 aromatic rings. The lowest BCUT2D eigenvalue weighted by Crippen LogP contribution is -2.51. The number of nitrogens with one attached hydrogen (secondary N) is 1. The minimum atomic E-state index is -0.918. The topological polar surface area (TPSA) is 86.3 Å². The van der Waals surface area contributed by atoms with E-state index in [1.165, 1.54) is 14.2 Å². The maximum absolute atomic E-state index is 14.3. The summed E-state index contributed by atoms with van der Waals surface area (Å²) >= 11 is 0. The molecule has 47 heavy (non-hydrogen) atoms. The molecule has 0 saturated carbocycles. The van der Waals surface area contributed by atoms with E-state index in [1.807, 2.05) is 99.6 Å². The summed E-state index contributed by atoms with van der Waals surface area (Å²) in [5, 5.41) is 2.90. The number of methoxy groups -OCH3 is 2. The van der Waals surface area contributed by atoms with E-state index in [0.717, 1.165) is 39.1 Å². The largest absolute Gasteiger partial charge is 0.488 e. The zero-order valence-corrected chi connectivity index (χ0v) is 27.8. The van der Waals surface area contributed by atoms with Gasteiger partial charge in [0, 0.05) is 33.1 Å². The highest BCUT2D eigenvalue weighted by molar-refractivity contribution is 5.86. The summed E-state index contributed by atoms with van der Waals surface area (Å²) in [6, 6.07) is 32.7. The van der Waals surface area contributed by atoms with E-state index in [9.17, 15) is 9.59 Å². The van der Waals surface area contributed by atoms with Crippen LogP contribution < -0.4 is 10.1 Å². The van der Waals surface area contributed by atoms with E-state index in [4.69, 9.17) is 18.9 Å². The van der Waals surface area contributed by atoms with Crippen LogP contribution in [0.15, 0.2) is 103 Å². The maximum atomic E-state index is 14.3. The molecule has 1 N–H and O–H groups in total. The Balaban J connectivity index is 1.37. The zero-order valence-electron chi connectivity index (χ0n) is 27.8. The summed E-state index contributed by atoms with van der Waals surface area (Å²) < 4.78 is 22.8. The minimum absolute atomic E-state index is 0.101. The number of benzene rings is 4. The molecule has 0 aliphatic heterocycles. The Morgan fingerprint density at radius 3 is 1.91 bits per heavy atom. The van der Waals surface area contributed by atoms with Gasteiger partial charge in [0.25, 0.3) is 0 Å². The molecule has 0 fully saturated rings. The van der Waals surface area contributed by atoms with Gasteiger partial charge in [-0.05, 0) is 66.3 Å². The van der Waals surface area contributed by atoms with Crippen molar-refractivity contribution in [1.82, 2.24) is 10.2 Å². The van der Waals surface area contributed by atoms with Crippen molar-refractivity contribution in [3.8, 4) is 16.9 Å². The van der Waals surface area contributed by atoms with Crippen LogP contribution in [0.5, 0.6) is 5.75 Å². The van der Waals surface area contributed by atoms with Gasteiger partial charge in [-0.25, -0.2) is 4.79 Å². The first kappa shape index (κ1) is 33.7. The van der Waals surface area contributed by atoms with Gasteiger partial charge in [-0.1, -0.05) is 91.0 Å². The number of hydrogen-bond donors (Lipinski definition) is 1. The predicted octanol–water partition coefficient (Wildman–Crippen LogP) is 6.96. The summed E-state index contributed by atoms with van der Waals surface area (Å²) in [5.41, 5.74) is 5.98. The number of fused-ring (bicyclic) bond motifs is 3. The molecule has 0 spiro atoms. The third-order valence-electron chi connectivity index (χ3n) is 8.14. The van der Waals surface area contributed by atoms with E-state index in [1.54, 1.807) is 4.90 Å². The first-order valence-electron chi connectivity index (χ1n) is 15.9. The average Bonchev–Trinajstić information content (AvgIpc) is 3.39. The quantitative estimate of drug-likeness (QED) is 0.160. The molecule has 0 aromatic heterocycles. The third-order valence-corrected chi connectivity index (χ3v) is 8.14. The second kappa shape index (κ2) is 15.3. The second-order valence-electron chi connectivity index (χ2n) is 12.7. The Morgan fingerprint density at radius 1 is 0.766 bits per heavy atom. The lowest BCUT2D eigenvalue weighted by atomic mass is 9.98. The number of carbonyl (C=O) groups is 2. The van der Waals surface area contributed by atoms with Crippen LogP contribution in [0.1, 0.15) is 48.9 Å². The predicted molar refractivity (Wildman–Crippen MR) is 182 cm³/mol. The molecule has 4 aromatic carbocycles. The molecular formula is C39H44N2O6. The summed E-state index contributed by atoms with van der Waals surface area (Å²) in [5.74, 6) is 0.343. The summed E-state index contributed by atoms with van der Waals surface area (Å²) in [7, 11) is 3.07. The normalized spacial score (nSPS) is 13.1. The van der Waals surface area contributed by atoms with Crippen molar-refractivity contribution < 1.29 is 28.5 Å². The highest BCUT2D eigenvalue weighted by atomic mass is 16.7. The number of hydrogen-bond acceptors (Lipinski definition) is 6. The Kier molecular flexibility index (Phi) is 11.0. The molecule has 0 heterocycles. The van der Waals surface area contributed by atoms with Gasteiger partial charge in [-0.2, -0.15) is 0 Å².